The van der Waals surface area contributed by atoms with Crippen LogP contribution in [0.4, 0.5) is 18.9 Å². The van der Waals surface area contributed by atoms with Gasteiger partial charge in [0.1, 0.15) is 0 Å². The molecule has 178 valence electrons. The number of halogens is 3. The number of aromatic nitrogens is 2. The quantitative estimate of drug-likeness (QED) is 0.523. The Labute approximate surface area is 191 Å². The molecule has 11 heteroatoms. The van der Waals surface area contributed by atoms with Gasteiger partial charge in [-0.1, -0.05) is 23.8 Å². The van der Waals surface area contributed by atoms with E-state index in [1.807, 2.05) is 6.92 Å². The Bertz CT molecular complexity index is 1250. The fourth-order valence-corrected chi connectivity index (χ4v) is 2.88. The van der Waals surface area contributed by atoms with Gasteiger partial charge < -0.3 is 14.8 Å². The molecule has 34 heavy (non-hydrogen) atoms. The Morgan fingerprint density at radius 2 is 1.79 bits per heavy atom. The first-order valence-electron chi connectivity index (χ1n) is 10.1. The van der Waals surface area contributed by atoms with Crippen LogP contribution in [0.2, 0.25) is 0 Å². The largest absolute Gasteiger partial charge is 0.481 e. The van der Waals surface area contributed by atoms with Crippen LogP contribution in [0.3, 0.4) is 0 Å². The van der Waals surface area contributed by atoms with Crippen molar-refractivity contribution in [3.05, 3.63) is 81.8 Å². The zero-order valence-corrected chi connectivity index (χ0v) is 18.2. The van der Waals surface area contributed by atoms with Crippen LogP contribution in [0.15, 0.2) is 59.4 Å². The predicted octanol–water partition coefficient (Wildman–Crippen LogP) is 3.75. The SMILES string of the molecule is CCOC(=O)c1nn(-c2ccc(C)cc2)c(=O)cc1OCC(=O)Nc1cccc(C(F)(F)F)c1. The summed E-state index contributed by atoms with van der Waals surface area (Å²) in [6.45, 7) is 2.78. The minimum Gasteiger partial charge on any atom is -0.481 e. The third kappa shape index (κ3) is 6.00. The van der Waals surface area contributed by atoms with Gasteiger partial charge in [0.25, 0.3) is 11.5 Å². The maximum absolute atomic E-state index is 12.9. The summed E-state index contributed by atoms with van der Waals surface area (Å²) in [5.74, 6) is -1.99. The molecule has 8 nitrogen and oxygen atoms in total. The molecule has 0 saturated carbocycles. The zero-order chi connectivity index (χ0) is 24.9. The van der Waals surface area contributed by atoms with E-state index < -0.39 is 35.8 Å². The van der Waals surface area contributed by atoms with Gasteiger partial charge in [-0.25, -0.2) is 4.79 Å². The lowest BCUT2D eigenvalue weighted by atomic mass is 10.2. The highest BCUT2D eigenvalue weighted by Gasteiger charge is 2.30. The van der Waals surface area contributed by atoms with Crippen LogP contribution < -0.4 is 15.6 Å². The van der Waals surface area contributed by atoms with Crippen molar-refractivity contribution in [1.29, 1.82) is 0 Å². The second-order valence-electron chi connectivity index (χ2n) is 7.08. The highest BCUT2D eigenvalue weighted by Crippen LogP contribution is 2.30. The van der Waals surface area contributed by atoms with Crippen LogP contribution in [0.5, 0.6) is 5.75 Å². The molecular weight excluding hydrogens is 455 g/mol. The van der Waals surface area contributed by atoms with Crippen LogP contribution in [0.25, 0.3) is 5.69 Å². The van der Waals surface area contributed by atoms with Gasteiger partial charge in [0, 0.05) is 5.69 Å². The average molecular weight is 475 g/mol. The molecule has 0 atom stereocenters. The number of benzene rings is 2. The topological polar surface area (TPSA) is 99.5 Å². The van der Waals surface area contributed by atoms with Crippen molar-refractivity contribution in [3.8, 4) is 11.4 Å². The Kier molecular flexibility index (Phi) is 7.34. The third-order valence-corrected chi connectivity index (χ3v) is 4.48. The van der Waals surface area contributed by atoms with Crippen LogP contribution >= 0.6 is 0 Å². The molecule has 1 aromatic heterocycles. The van der Waals surface area contributed by atoms with E-state index in [4.69, 9.17) is 9.47 Å². The highest BCUT2D eigenvalue weighted by atomic mass is 19.4. The van der Waals surface area contributed by atoms with Crippen LogP contribution in [-0.2, 0) is 15.7 Å². The molecule has 3 aromatic rings. The van der Waals surface area contributed by atoms with E-state index in [9.17, 15) is 27.6 Å². The van der Waals surface area contributed by atoms with Gasteiger partial charge in [0.2, 0.25) is 5.69 Å². The summed E-state index contributed by atoms with van der Waals surface area (Å²) in [6, 6.07) is 11.8. The van der Waals surface area contributed by atoms with E-state index in [2.05, 4.69) is 10.4 Å². The van der Waals surface area contributed by atoms with E-state index in [0.717, 1.165) is 34.5 Å². The number of amides is 1. The lowest BCUT2D eigenvalue weighted by Gasteiger charge is -2.13. The molecule has 1 heterocycles. The van der Waals surface area contributed by atoms with Crippen LogP contribution in [0, 0.1) is 6.92 Å². The molecule has 2 aromatic carbocycles. The summed E-state index contributed by atoms with van der Waals surface area (Å²) in [6.07, 6.45) is -4.57. The Morgan fingerprint density at radius 3 is 2.44 bits per heavy atom. The summed E-state index contributed by atoms with van der Waals surface area (Å²) in [5.41, 5.74) is -0.648. The molecular formula is C23H20F3N3O5. The first-order valence-corrected chi connectivity index (χ1v) is 10.1. The number of nitrogens with one attached hydrogen (secondary N) is 1. The van der Waals surface area contributed by atoms with Gasteiger partial charge in [0.05, 0.1) is 23.9 Å². The fourth-order valence-electron chi connectivity index (χ4n) is 2.88. The van der Waals surface area contributed by atoms with Gasteiger partial charge >= 0.3 is 12.1 Å². The molecule has 1 N–H and O–H groups in total. The van der Waals surface area contributed by atoms with Gasteiger partial charge in [-0.3, -0.25) is 9.59 Å². The minimum atomic E-state index is -4.57. The second kappa shape index (κ2) is 10.2. The van der Waals surface area contributed by atoms with E-state index in [0.29, 0.717) is 5.69 Å². The number of alkyl halides is 3. The molecule has 0 aliphatic heterocycles. The lowest BCUT2D eigenvalue weighted by molar-refractivity contribution is -0.137. The number of anilines is 1. The number of nitrogens with zero attached hydrogens (tertiary/aromatic N) is 2. The summed E-state index contributed by atoms with van der Waals surface area (Å²) in [5, 5.41) is 6.31. The molecule has 0 radical (unpaired) electrons. The number of hydrogen-bond acceptors (Lipinski definition) is 6. The van der Waals surface area contributed by atoms with Crippen molar-refractivity contribution < 1.29 is 32.2 Å². The number of esters is 1. The minimum absolute atomic E-state index is 0.0274. The monoisotopic (exact) mass is 475 g/mol. The van der Waals surface area contributed by atoms with Gasteiger partial charge in [0.15, 0.2) is 12.4 Å². The number of ether oxygens (including phenoxy) is 2. The maximum atomic E-state index is 12.9. The predicted molar refractivity (Wildman–Crippen MR) is 116 cm³/mol. The van der Waals surface area contributed by atoms with E-state index in [-0.39, 0.29) is 23.7 Å². The van der Waals surface area contributed by atoms with Crippen molar-refractivity contribution in [1.82, 2.24) is 9.78 Å². The molecule has 0 aliphatic rings. The van der Waals surface area contributed by atoms with E-state index in [1.165, 1.54) is 6.07 Å². The molecule has 0 spiro atoms. The molecule has 3 rings (SSSR count). The first-order chi connectivity index (χ1) is 16.1. The van der Waals surface area contributed by atoms with Crippen LogP contribution in [-0.4, -0.2) is 34.9 Å². The van der Waals surface area contributed by atoms with Gasteiger partial charge in [-0.05, 0) is 44.2 Å². The normalized spacial score (nSPS) is 11.1. The third-order valence-electron chi connectivity index (χ3n) is 4.48. The van der Waals surface area contributed by atoms with Crippen molar-refractivity contribution in [3.63, 3.8) is 0 Å². The van der Waals surface area contributed by atoms with E-state index in [1.54, 1.807) is 31.2 Å². The number of hydrogen-bond donors (Lipinski definition) is 1. The molecule has 0 fully saturated rings. The number of aryl methyl sites for hydroxylation is 1. The smallest absolute Gasteiger partial charge is 0.416 e. The first kappa shape index (κ1) is 24.5. The molecule has 0 unspecified atom stereocenters. The molecule has 0 aliphatic carbocycles. The highest BCUT2D eigenvalue weighted by molar-refractivity contribution is 5.93. The van der Waals surface area contributed by atoms with Crippen LogP contribution in [0.1, 0.15) is 28.5 Å². The second-order valence-corrected chi connectivity index (χ2v) is 7.08. The average Bonchev–Trinajstić information content (AvgIpc) is 2.78. The van der Waals surface area contributed by atoms with Crippen molar-refractivity contribution >= 4 is 17.6 Å². The maximum Gasteiger partial charge on any atom is 0.416 e. The standard InChI is InChI=1S/C23H20F3N3O5/c1-3-33-22(32)21-18(12-20(31)29(28-21)17-9-7-14(2)8-10-17)34-13-19(30)27-16-6-4-5-15(11-16)23(24,25)26/h4-12H,3,13H2,1-2H3,(H,27,30). The zero-order valence-electron chi connectivity index (χ0n) is 18.2. The summed E-state index contributed by atoms with van der Waals surface area (Å²) in [4.78, 5) is 37.2. The van der Waals surface area contributed by atoms with Crippen molar-refractivity contribution in [2.45, 2.75) is 20.0 Å². The summed E-state index contributed by atoms with van der Waals surface area (Å²) < 4.78 is 49.8. The Balaban J connectivity index is 1.82. The van der Waals surface area contributed by atoms with Crippen molar-refractivity contribution in [2.24, 2.45) is 0 Å². The van der Waals surface area contributed by atoms with Crippen molar-refractivity contribution in [2.75, 3.05) is 18.5 Å². The summed E-state index contributed by atoms with van der Waals surface area (Å²) >= 11 is 0. The summed E-state index contributed by atoms with van der Waals surface area (Å²) in [7, 11) is 0. The Hall–Kier alpha value is -4.15. The Morgan fingerprint density at radius 1 is 1.09 bits per heavy atom. The van der Waals surface area contributed by atoms with Gasteiger partial charge in [-0.2, -0.15) is 23.0 Å². The van der Waals surface area contributed by atoms with E-state index >= 15 is 0 Å². The molecule has 1 amide bonds. The van der Waals surface area contributed by atoms with Gasteiger partial charge in [-0.15, -0.1) is 0 Å². The molecule has 0 saturated heterocycles. The lowest BCUT2D eigenvalue weighted by Crippen LogP contribution is -2.27. The fraction of sp³-hybridized carbons (Fsp3) is 0.217. The number of carbonyl (C=O) groups excluding carboxylic acids is 2. The number of carbonyl (C=O) groups is 2. The number of rotatable bonds is 7. The molecule has 0 bridgehead atoms.